The van der Waals surface area contributed by atoms with Gasteiger partial charge in [-0.05, 0) is 31.2 Å². The molecule has 0 unspecified atom stereocenters. The van der Waals surface area contributed by atoms with Crippen LogP contribution in [0.5, 0.6) is 11.5 Å². The Bertz CT molecular complexity index is 367. The second-order valence-electron chi connectivity index (χ2n) is 3.93. The minimum Gasteiger partial charge on any atom is -0.497 e. The zero-order chi connectivity index (χ0) is 12.8. The van der Waals surface area contributed by atoms with Crippen LogP contribution < -0.4 is 15.2 Å². The van der Waals surface area contributed by atoms with E-state index >= 15 is 0 Å². The summed E-state index contributed by atoms with van der Waals surface area (Å²) in [5.74, 6) is 2.79. The maximum Gasteiger partial charge on any atom is 0.135 e. The quantitative estimate of drug-likeness (QED) is 0.794. The highest BCUT2D eigenvalue weighted by Gasteiger charge is 2.13. The molecule has 0 saturated heterocycles. The second-order valence-corrected chi connectivity index (χ2v) is 5.24. The molecule has 0 aliphatic rings. The summed E-state index contributed by atoms with van der Waals surface area (Å²) in [6.45, 7) is 4.11. The van der Waals surface area contributed by atoms with E-state index in [9.17, 15) is 0 Å². The first-order valence-electron chi connectivity index (χ1n) is 5.75. The molecule has 2 N–H and O–H groups in total. The van der Waals surface area contributed by atoms with Gasteiger partial charge in [0.25, 0.3) is 0 Å². The van der Waals surface area contributed by atoms with Gasteiger partial charge >= 0.3 is 0 Å². The molecule has 0 amide bonds. The van der Waals surface area contributed by atoms with Crippen LogP contribution in [0.2, 0.25) is 0 Å². The predicted octanol–water partition coefficient (Wildman–Crippen LogP) is 2.71. The lowest BCUT2D eigenvalue weighted by atomic mass is 10.1. The minimum atomic E-state index is 0.107. The lowest BCUT2D eigenvalue weighted by Crippen LogP contribution is -2.18. The zero-order valence-electron chi connectivity index (χ0n) is 10.9. The largest absolute Gasteiger partial charge is 0.497 e. The van der Waals surface area contributed by atoms with E-state index < -0.39 is 0 Å². The topological polar surface area (TPSA) is 44.5 Å². The van der Waals surface area contributed by atoms with Crippen LogP contribution in [-0.4, -0.2) is 26.0 Å². The average molecular weight is 255 g/mol. The molecular weight excluding hydrogens is 234 g/mol. The van der Waals surface area contributed by atoms with E-state index in [2.05, 4.69) is 6.92 Å². The lowest BCUT2D eigenvalue weighted by molar-refractivity contribution is 0.388. The highest BCUT2D eigenvalue weighted by Crippen LogP contribution is 2.36. The third-order valence-corrected chi connectivity index (χ3v) is 3.29. The molecule has 0 aliphatic carbocycles. The Hall–Kier alpha value is -0.870. The third kappa shape index (κ3) is 3.82. The van der Waals surface area contributed by atoms with E-state index in [1.165, 1.54) is 0 Å². The van der Waals surface area contributed by atoms with Crippen LogP contribution in [0.4, 0.5) is 0 Å². The maximum absolute atomic E-state index is 5.86. The van der Waals surface area contributed by atoms with Gasteiger partial charge in [0.1, 0.15) is 11.5 Å². The smallest absolute Gasteiger partial charge is 0.135 e. The SMILES string of the molecule is CCSc1cc(OC)cc(C[C@@H](C)N)c1OC. The van der Waals surface area contributed by atoms with E-state index in [-0.39, 0.29) is 6.04 Å². The molecule has 1 rings (SSSR count). The van der Waals surface area contributed by atoms with Crippen LogP contribution in [0.25, 0.3) is 0 Å². The highest BCUT2D eigenvalue weighted by atomic mass is 32.2. The first-order valence-corrected chi connectivity index (χ1v) is 6.74. The summed E-state index contributed by atoms with van der Waals surface area (Å²) in [5.41, 5.74) is 6.97. The van der Waals surface area contributed by atoms with Crippen molar-refractivity contribution in [2.45, 2.75) is 31.2 Å². The maximum atomic E-state index is 5.86. The monoisotopic (exact) mass is 255 g/mol. The first kappa shape index (κ1) is 14.2. The van der Waals surface area contributed by atoms with Gasteiger partial charge in [-0.1, -0.05) is 6.92 Å². The molecule has 1 aromatic rings. The molecule has 0 radical (unpaired) electrons. The predicted molar refractivity (Wildman–Crippen MR) is 73.3 cm³/mol. The van der Waals surface area contributed by atoms with Crippen molar-refractivity contribution in [1.82, 2.24) is 0 Å². The van der Waals surface area contributed by atoms with Crippen LogP contribution >= 0.6 is 11.8 Å². The van der Waals surface area contributed by atoms with Crippen molar-refractivity contribution in [3.8, 4) is 11.5 Å². The van der Waals surface area contributed by atoms with E-state index in [0.29, 0.717) is 0 Å². The molecule has 0 fully saturated rings. The molecule has 0 heterocycles. The van der Waals surface area contributed by atoms with Crippen molar-refractivity contribution in [2.24, 2.45) is 5.73 Å². The summed E-state index contributed by atoms with van der Waals surface area (Å²) in [6, 6.07) is 4.12. The van der Waals surface area contributed by atoms with Gasteiger partial charge in [0.2, 0.25) is 0 Å². The van der Waals surface area contributed by atoms with Crippen LogP contribution in [-0.2, 0) is 6.42 Å². The average Bonchev–Trinajstić information content (AvgIpc) is 2.28. The Morgan fingerprint density at radius 2 is 2.00 bits per heavy atom. The summed E-state index contributed by atoms with van der Waals surface area (Å²) in [7, 11) is 3.38. The van der Waals surface area contributed by atoms with E-state index in [0.717, 1.165) is 34.1 Å². The number of rotatable bonds is 6. The number of hydrogen-bond acceptors (Lipinski definition) is 4. The van der Waals surface area contributed by atoms with Gasteiger partial charge in [-0.3, -0.25) is 0 Å². The molecule has 4 heteroatoms. The number of thioether (sulfide) groups is 1. The summed E-state index contributed by atoms with van der Waals surface area (Å²) >= 11 is 1.75. The molecular formula is C13H21NO2S. The van der Waals surface area contributed by atoms with Crippen molar-refractivity contribution in [2.75, 3.05) is 20.0 Å². The van der Waals surface area contributed by atoms with Gasteiger partial charge in [0.15, 0.2) is 0 Å². The number of hydrogen-bond donors (Lipinski definition) is 1. The summed E-state index contributed by atoms with van der Waals surface area (Å²) in [6.07, 6.45) is 0.789. The summed E-state index contributed by atoms with van der Waals surface area (Å²) in [4.78, 5) is 1.12. The molecule has 0 saturated carbocycles. The van der Waals surface area contributed by atoms with Gasteiger partial charge in [0.05, 0.1) is 19.1 Å². The van der Waals surface area contributed by atoms with Crippen LogP contribution in [0.1, 0.15) is 19.4 Å². The molecule has 1 aromatic carbocycles. The van der Waals surface area contributed by atoms with E-state index in [1.807, 2.05) is 19.1 Å². The first-order chi connectivity index (χ1) is 8.12. The molecule has 17 heavy (non-hydrogen) atoms. The fourth-order valence-corrected chi connectivity index (χ4v) is 2.60. The van der Waals surface area contributed by atoms with Crippen LogP contribution in [0.3, 0.4) is 0 Å². The van der Waals surface area contributed by atoms with Crippen molar-refractivity contribution >= 4 is 11.8 Å². The molecule has 0 aliphatic heterocycles. The number of nitrogens with two attached hydrogens (primary N) is 1. The fraction of sp³-hybridized carbons (Fsp3) is 0.538. The number of methoxy groups -OCH3 is 2. The van der Waals surface area contributed by atoms with Gasteiger partial charge in [-0.2, -0.15) is 0 Å². The van der Waals surface area contributed by atoms with Crippen molar-refractivity contribution < 1.29 is 9.47 Å². The van der Waals surface area contributed by atoms with E-state index in [4.69, 9.17) is 15.2 Å². The molecule has 0 spiro atoms. The second kappa shape index (κ2) is 6.77. The molecule has 1 atom stereocenters. The summed E-state index contributed by atoms with van der Waals surface area (Å²) in [5, 5.41) is 0. The van der Waals surface area contributed by atoms with Gasteiger partial charge in [0, 0.05) is 11.6 Å². The van der Waals surface area contributed by atoms with Crippen LogP contribution in [0, 0.1) is 0 Å². The number of benzene rings is 1. The van der Waals surface area contributed by atoms with Gasteiger partial charge in [-0.15, -0.1) is 11.8 Å². The third-order valence-electron chi connectivity index (χ3n) is 2.39. The van der Waals surface area contributed by atoms with Crippen molar-refractivity contribution in [1.29, 1.82) is 0 Å². The standard InChI is InChI=1S/C13H21NO2S/c1-5-17-12-8-11(15-3)7-10(6-9(2)14)13(12)16-4/h7-9H,5-6,14H2,1-4H3/t9-/m1/s1. The van der Waals surface area contributed by atoms with Gasteiger partial charge < -0.3 is 15.2 Å². The Kier molecular flexibility index (Phi) is 5.65. The minimum absolute atomic E-state index is 0.107. The number of ether oxygens (including phenoxy) is 2. The normalized spacial score (nSPS) is 12.3. The lowest BCUT2D eigenvalue weighted by Gasteiger charge is -2.16. The Balaban J connectivity index is 3.18. The molecule has 0 aromatic heterocycles. The van der Waals surface area contributed by atoms with Crippen LogP contribution in [0.15, 0.2) is 17.0 Å². The summed E-state index contributed by atoms with van der Waals surface area (Å²) < 4.78 is 10.8. The Morgan fingerprint density at radius 1 is 1.29 bits per heavy atom. The highest BCUT2D eigenvalue weighted by molar-refractivity contribution is 7.99. The fourth-order valence-electron chi connectivity index (χ4n) is 1.74. The molecule has 3 nitrogen and oxygen atoms in total. The molecule has 0 bridgehead atoms. The zero-order valence-corrected chi connectivity index (χ0v) is 11.8. The Morgan fingerprint density at radius 3 is 2.47 bits per heavy atom. The van der Waals surface area contributed by atoms with Crippen molar-refractivity contribution in [3.63, 3.8) is 0 Å². The van der Waals surface area contributed by atoms with Crippen molar-refractivity contribution in [3.05, 3.63) is 17.7 Å². The van der Waals surface area contributed by atoms with Gasteiger partial charge in [-0.25, -0.2) is 0 Å². The van der Waals surface area contributed by atoms with E-state index in [1.54, 1.807) is 26.0 Å². The molecule has 96 valence electrons. The Labute approximate surface area is 108 Å².